The highest BCUT2D eigenvalue weighted by molar-refractivity contribution is 5.93. The summed E-state index contributed by atoms with van der Waals surface area (Å²) in [6.45, 7) is 8.00. The van der Waals surface area contributed by atoms with Gasteiger partial charge in [-0.1, -0.05) is 0 Å². The average molecular weight is 247 g/mol. The van der Waals surface area contributed by atoms with E-state index in [1.807, 2.05) is 17.0 Å². The molecule has 1 fully saturated rings. The molecule has 4 heteroatoms. The second-order valence-electron chi connectivity index (χ2n) is 5.80. The average Bonchev–Trinajstić information content (AvgIpc) is 2.79. The van der Waals surface area contributed by atoms with Crippen LogP contribution in [0.25, 0.3) is 0 Å². The number of hydrogen-bond acceptors (Lipinski definition) is 3. The van der Waals surface area contributed by atoms with E-state index in [0.717, 1.165) is 31.6 Å². The highest BCUT2D eigenvalue weighted by Crippen LogP contribution is 2.17. The second-order valence-corrected chi connectivity index (χ2v) is 5.80. The van der Waals surface area contributed by atoms with Crippen molar-refractivity contribution in [1.29, 1.82) is 0 Å². The number of pyridine rings is 1. The highest BCUT2D eigenvalue weighted by Gasteiger charge is 2.21. The first-order valence-electron chi connectivity index (χ1n) is 6.49. The summed E-state index contributed by atoms with van der Waals surface area (Å²) in [4.78, 5) is 18.3. The molecule has 98 valence electrons. The predicted molar refractivity (Wildman–Crippen MR) is 72.8 cm³/mol. The third-order valence-electron chi connectivity index (χ3n) is 2.89. The lowest BCUT2D eigenvalue weighted by atomic mass is 10.1. The summed E-state index contributed by atoms with van der Waals surface area (Å²) in [6.07, 6.45) is 3.90. The molecule has 0 atom stereocenters. The van der Waals surface area contributed by atoms with Crippen LogP contribution in [0.1, 0.15) is 44.1 Å². The summed E-state index contributed by atoms with van der Waals surface area (Å²) in [5.74, 6) is 0.0464. The van der Waals surface area contributed by atoms with Gasteiger partial charge in [0.25, 0.3) is 5.91 Å². The van der Waals surface area contributed by atoms with E-state index in [1.54, 1.807) is 6.20 Å². The summed E-state index contributed by atoms with van der Waals surface area (Å²) in [7, 11) is 0. The molecule has 1 aromatic rings. The van der Waals surface area contributed by atoms with Gasteiger partial charge < -0.3 is 10.2 Å². The molecule has 4 nitrogen and oxygen atoms in total. The maximum absolute atomic E-state index is 12.2. The number of likely N-dealkylation sites (tertiary alicyclic amines) is 1. The van der Waals surface area contributed by atoms with Crippen molar-refractivity contribution in [2.45, 2.75) is 39.2 Å². The maximum atomic E-state index is 12.2. The van der Waals surface area contributed by atoms with Gasteiger partial charge in [-0.05, 0) is 45.7 Å². The number of nitrogens with one attached hydrogen (secondary N) is 1. The molecule has 1 saturated heterocycles. The molecule has 0 spiro atoms. The smallest absolute Gasteiger partial charge is 0.272 e. The molecular formula is C14H21N3O. The Bertz CT molecular complexity index is 431. The van der Waals surface area contributed by atoms with Gasteiger partial charge in [0.15, 0.2) is 0 Å². The van der Waals surface area contributed by atoms with E-state index < -0.39 is 0 Å². The molecule has 18 heavy (non-hydrogen) atoms. The van der Waals surface area contributed by atoms with Gasteiger partial charge in [0.05, 0.1) is 0 Å². The summed E-state index contributed by atoms with van der Waals surface area (Å²) in [5, 5.41) is 3.36. The molecule has 1 aliphatic rings. The minimum absolute atomic E-state index is 0.0185. The zero-order valence-corrected chi connectivity index (χ0v) is 11.4. The minimum Gasteiger partial charge on any atom is -0.380 e. The molecule has 0 saturated carbocycles. The molecule has 0 unspecified atom stereocenters. The molecule has 1 aliphatic heterocycles. The van der Waals surface area contributed by atoms with Crippen LogP contribution in [0.4, 0.5) is 5.69 Å². The van der Waals surface area contributed by atoms with Crippen LogP contribution in [0.2, 0.25) is 0 Å². The van der Waals surface area contributed by atoms with E-state index >= 15 is 0 Å². The highest BCUT2D eigenvalue weighted by atomic mass is 16.2. The standard InChI is InChI=1S/C14H21N3O/c1-14(2,3)16-11-6-7-15-12(10-11)13(18)17-8-4-5-9-17/h6-7,10H,4-5,8-9H2,1-3H3,(H,15,16). The van der Waals surface area contributed by atoms with Crippen LogP contribution < -0.4 is 5.32 Å². The van der Waals surface area contributed by atoms with Crippen molar-refractivity contribution in [3.8, 4) is 0 Å². The Morgan fingerprint density at radius 3 is 2.61 bits per heavy atom. The number of aromatic nitrogens is 1. The normalized spacial score (nSPS) is 15.8. The third kappa shape index (κ3) is 3.22. The van der Waals surface area contributed by atoms with E-state index in [4.69, 9.17) is 0 Å². The Labute approximate surface area is 108 Å². The molecule has 2 heterocycles. The van der Waals surface area contributed by atoms with Gasteiger partial charge >= 0.3 is 0 Å². The largest absolute Gasteiger partial charge is 0.380 e. The lowest BCUT2D eigenvalue weighted by molar-refractivity contribution is 0.0787. The van der Waals surface area contributed by atoms with Crippen molar-refractivity contribution in [1.82, 2.24) is 9.88 Å². The van der Waals surface area contributed by atoms with Crippen LogP contribution in [-0.2, 0) is 0 Å². The molecule has 0 aliphatic carbocycles. The minimum atomic E-state index is -0.0185. The Morgan fingerprint density at radius 1 is 1.33 bits per heavy atom. The predicted octanol–water partition coefficient (Wildman–Crippen LogP) is 2.53. The zero-order chi connectivity index (χ0) is 13.2. The van der Waals surface area contributed by atoms with Crippen molar-refractivity contribution in [3.63, 3.8) is 0 Å². The van der Waals surface area contributed by atoms with Crippen LogP contribution in [-0.4, -0.2) is 34.4 Å². The van der Waals surface area contributed by atoms with Crippen LogP contribution in [0.15, 0.2) is 18.3 Å². The first kappa shape index (κ1) is 12.9. The molecule has 1 aromatic heterocycles. The molecule has 1 N–H and O–H groups in total. The number of amides is 1. The van der Waals surface area contributed by atoms with E-state index in [0.29, 0.717) is 5.69 Å². The molecular weight excluding hydrogens is 226 g/mol. The number of anilines is 1. The van der Waals surface area contributed by atoms with Gasteiger partial charge in [-0.3, -0.25) is 9.78 Å². The molecule has 1 amide bonds. The van der Waals surface area contributed by atoms with E-state index in [9.17, 15) is 4.79 Å². The van der Waals surface area contributed by atoms with E-state index in [-0.39, 0.29) is 11.4 Å². The first-order chi connectivity index (χ1) is 8.46. The van der Waals surface area contributed by atoms with Crippen molar-refractivity contribution < 1.29 is 4.79 Å². The van der Waals surface area contributed by atoms with Crippen LogP contribution in [0.5, 0.6) is 0 Å². The van der Waals surface area contributed by atoms with Crippen LogP contribution >= 0.6 is 0 Å². The zero-order valence-electron chi connectivity index (χ0n) is 11.4. The lowest BCUT2D eigenvalue weighted by Gasteiger charge is -2.22. The third-order valence-corrected chi connectivity index (χ3v) is 2.89. The Kier molecular flexibility index (Phi) is 3.55. The van der Waals surface area contributed by atoms with Crippen molar-refractivity contribution in [2.75, 3.05) is 18.4 Å². The Hall–Kier alpha value is -1.58. The van der Waals surface area contributed by atoms with Gasteiger partial charge in [-0.15, -0.1) is 0 Å². The Balaban J connectivity index is 2.13. The van der Waals surface area contributed by atoms with E-state index in [2.05, 4.69) is 31.1 Å². The van der Waals surface area contributed by atoms with Crippen molar-refractivity contribution >= 4 is 11.6 Å². The molecule has 0 radical (unpaired) electrons. The first-order valence-corrected chi connectivity index (χ1v) is 6.49. The van der Waals surface area contributed by atoms with Crippen LogP contribution in [0.3, 0.4) is 0 Å². The number of nitrogens with zero attached hydrogens (tertiary/aromatic N) is 2. The topological polar surface area (TPSA) is 45.2 Å². The number of carbonyl (C=O) groups excluding carboxylic acids is 1. The fraction of sp³-hybridized carbons (Fsp3) is 0.571. The summed E-state index contributed by atoms with van der Waals surface area (Å²) in [6, 6.07) is 3.73. The van der Waals surface area contributed by atoms with Crippen molar-refractivity contribution in [2.24, 2.45) is 0 Å². The maximum Gasteiger partial charge on any atom is 0.272 e. The Morgan fingerprint density at radius 2 is 2.00 bits per heavy atom. The number of hydrogen-bond donors (Lipinski definition) is 1. The fourth-order valence-corrected chi connectivity index (χ4v) is 2.14. The quantitative estimate of drug-likeness (QED) is 0.873. The monoisotopic (exact) mass is 247 g/mol. The second kappa shape index (κ2) is 4.96. The van der Waals surface area contributed by atoms with Crippen LogP contribution in [0, 0.1) is 0 Å². The number of rotatable bonds is 2. The summed E-state index contributed by atoms with van der Waals surface area (Å²) >= 11 is 0. The molecule has 0 bridgehead atoms. The number of carbonyl (C=O) groups is 1. The van der Waals surface area contributed by atoms with Gasteiger partial charge in [0, 0.05) is 30.5 Å². The van der Waals surface area contributed by atoms with Crippen molar-refractivity contribution in [3.05, 3.63) is 24.0 Å². The van der Waals surface area contributed by atoms with Gasteiger partial charge in [0.2, 0.25) is 0 Å². The van der Waals surface area contributed by atoms with Gasteiger partial charge in [-0.25, -0.2) is 0 Å². The molecule has 2 rings (SSSR count). The summed E-state index contributed by atoms with van der Waals surface area (Å²) < 4.78 is 0. The molecule has 0 aromatic carbocycles. The fourth-order valence-electron chi connectivity index (χ4n) is 2.14. The van der Waals surface area contributed by atoms with Gasteiger partial charge in [0.1, 0.15) is 5.69 Å². The van der Waals surface area contributed by atoms with E-state index in [1.165, 1.54) is 0 Å². The summed E-state index contributed by atoms with van der Waals surface area (Å²) in [5.41, 5.74) is 1.46. The SMILES string of the molecule is CC(C)(C)Nc1ccnc(C(=O)N2CCCC2)c1. The van der Waals surface area contributed by atoms with Gasteiger partial charge in [-0.2, -0.15) is 0 Å². The lowest BCUT2D eigenvalue weighted by Crippen LogP contribution is -2.29.